The highest BCUT2D eigenvalue weighted by molar-refractivity contribution is 14.1. The molecule has 5 nitrogen and oxygen atoms in total. The fourth-order valence-electron chi connectivity index (χ4n) is 1.93. The number of rotatable bonds is 3. The van der Waals surface area contributed by atoms with E-state index >= 15 is 0 Å². The minimum atomic E-state index is -0.602. The number of alkyl halides is 1. The SMILES string of the molecule is CCC(I)C(=O)OC1COC2C(O)COC12. The average Bonchev–Trinajstić information content (AvgIpc) is 2.82. The van der Waals surface area contributed by atoms with Gasteiger partial charge in [0, 0.05) is 0 Å². The molecule has 2 rings (SSSR count). The number of fused-ring (bicyclic) bond motifs is 1. The Morgan fingerprint density at radius 2 is 2.19 bits per heavy atom. The van der Waals surface area contributed by atoms with Gasteiger partial charge in [-0.1, -0.05) is 29.5 Å². The van der Waals surface area contributed by atoms with Crippen molar-refractivity contribution in [2.24, 2.45) is 0 Å². The van der Waals surface area contributed by atoms with E-state index in [1.54, 1.807) is 0 Å². The predicted octanol–water partition coefficient (Wildman–Crippen LogP) is 0.270. The second-order valence-electron chi connectivity index (χ2n) is 4.01. The first-order valence-electron chi connectivity index (χ1n) is 5.39. The molecule has 0 aromatic carbocycles. The van der Waals surface area contributed by atoms with Crippen molar-refractivity contribution in [3.05, 3.63) is 0 Å². The van der Waals surface area contributed by atoms with Crippen molar-refractivity contribution in [1.29, 1.82) is 0 Å². The van der Waals surface area contributed by atoms with Gasteiger partial charge in [0.05, 0.1) is 13.2 Å². The van der Waals surface area contributed by atoms with Crippen LogP contribution in [-0.2, 0) is 19.0 Å². The van der Waals surface area contributed by atoms with Crippen molar-refractivity contribution >= 4 is 28.6 Å². The first kappa shape index (κ1) is 12.5. The molecule has 5 atom stereocenters. The number of hydrogen-bond donors (Lipinski definition) is 1. The maximum absolute atomic E-state index is 11.6. The molecule has 0 radical (unpaired) electrons. The normalized spacial score (nSPS) is 39.4. The topological polar surface area (TPSA) is 65.0 Å². The van der Waals surface area contributed by atoms with Crippen LogP contribution in [0.15, 0.2) is 0 Å². The maximum atomic E-state index is 11.6. The van der Waals surface area contributed by atoms with Crippen LogP contribution in [0.2, 0.25) is 0 Å². The second kappa shape index (κ2) is 5.16. The number of carbonyl (C=O) groups excluding carboxylic acids is 1. The number of aliphatic hydroxyl groups excluding tert-OH is 1. The summed E-state index contributed by atoms with van der Waals surface area (Å²) in [5.41, 5.74) is 0. The molecular weight excluding hydrogens is 327 g/mol. The molecule has 16 heavy (non-hydrogen) atoms. The van der Waals surface area contributed by atoms with Gasteiger partial charge in [0.2, 0.25) is 0 Å². The zero-order valence-electron chi connectivity index (χ0n) is 8.97. The zero-order chi connectivity index (χ0) is 11.7. The Morgan fingerprint density at radius 3 is 2.88 bits per heavy atom. The van der Waals surface area contributed by atoms with E-state index in [0.29, 0.717) is 6.61 Å². The molecule has 0 aliphatic carbocycles. The number of esters is 1. The van der Waals surface area contributed by atoms with E-state index < -0.39 is 6.10 Å². The standard InChI is InChI=1S/C10H15IO5/c1-2-5(11)10(13)16-7-4-15-8-6(12)3-14-9(7)8/h5-9,12H,2-4H2,1H3. The highest BCUT2D eigenvalue weighted by Crippen LogP contribution is 2.29. The van der Waals surface area contributed by atoms with Crippen LogP contribution in [0.1, 0.15) is 13.3 Å². The molecular formula is C10H15IO5. The van der Waals surface area contributed by atoms with Crippen molar-refractivity contribution < 1.29 is 24.1 Å². The summed E-state index contributed by atoms with van der Waals surface area (Å²) in [6.45, 7) is 2.50. The summed E-state index contributed by atoms with van der Waals surface area (Å²) in [5.74, 6) is -0.234. The molecule has 1 N–H and O–H groups in total. The molecule has 92 valence electrons. The van der Waals surface area contributed by atoms with E-state index in [2.05, 4.69) is 22.6 Å². The van der Waals surface area contributed by atoms with Crippen LogP contribution in [0.4, 0.5) is 0 Å². The minimum absolute atomic E-state index is 0.136. The van der Waals surface area contributed by atoms with Crippen LogP contribution in [0, 0.1) is 0 Å². The maximum Gasteiger partial charge on any atom is 0.319 e. The Labute approximate surface area is 108 Å². The van der Waals surface area contributed by atoms with Gasteiger partial charge < -0.3 is 19.3 Å². The van der Waals surface area contributed by atoms with Crippen molar-refractivity contribution in [3.8, 4) is 0 Å². The Kier molecular flexibility index (Phi) is 4.04. The lowest BCUT2D eigenvalue weighted by molar-refractivity contribution is -0.152. The lowest BCUT2D eigenvalue weighted by Gasteiger charge is -2.17. The highest BCUT2D eigenvalue weighted by atomic mass is 127. The van der Waals surface area contributed by atoms with Gasteiger partial charge in [-0.05, 0) is 6.42 Å². The van der Waals surface area contributed by atoms with Crippen molar-refractivity contribution in [2.45, 2.75) is 41.7 Å². The zero-order valence-corrected chi connectivity index (χ0v) is 11.1. The van der Waals surface area contributed by atoms with Gasteiger partial charge in [-0.3, -0.25) is 4.79 Å². The first-order valence-corrected chi connectivity index (χ1v) is 6.64. The average molecular weight is 342 g/mol. The smallest absolute Gasteiger partial charge is 0.319 e. The molecule has 0 aromatic rings. The Morgan fingerprint density at radius 1 is 1.50 bits per heavy atom. The molecule has 0 spiro atoms. The monoisotopic (exact) mass is 342 g/mol. The molecule has 0 aromatic heterocycles. The summed E-state index contributed by atoms with van der Waals surface area (Å²) in [6.07, 6.45) is -0.884. The van der Waals surface area contributed by atoms with Crippen molar-refractivity contribution in [1.82, 2.24) is 0 Å². The fraction of sp³-hybridized carbons (Fsp3) is 0.900. The first-order chi connectivity index (χ1) is 7.63. The number of ether oxygens (including phenoxy) is 3. The minimum Gasteiger partial charge on any atom is -0.456 e. The van der Waals surface area contributed by atoms with Crippen LogP contribution < -0.4 is 0 Å². The summed E-state index contributed by atoms with van der Waals surface area (Å²) >= 11 is 2.06. The number of aliphatic hydroxyl groups is 1. The van der Waals surface area contributed by atoms with Gasteiger partial charge in [0.1, 0.15) is 22.2 Å². The molecule has 6 heteroatoms. The third kappa shape index (κ3) is 2.34. The summed E-state index contributed by atoms with van der Waals surface area (Å²) in [7, 11) is 0. The third-order valence-electron chi connectivity index (χ3n) is 2.86. The van der Waals surface area contributed by atoms with Gasteiger partial charge in [-0.2, -0.15) is 0 Å². The van der Waals surface area contributed by atoms with Gasteiger partial charge in [0.15, 0.2) is 6.10 Å². The van der Waals surface area contributed by atoms with Gasteiger partial charge in [-0.25, -0.2) is 0 Å². The Balaban J connectivity index is 1.90. The molecule has 2 heterocycles. The van der Waals surface area contributed by atoms with Crippen LogP contribution in [0.25, 0.3) is 0 Å². The largest absolute Gasteiger partial charge is 0.456 e. The Bertz CT molecular complexity index is 272. The predicted molar refractivity (Wildman–Crippen MR) is 63.5 cm³/mol. The van der Waals surface area contributed by atoms with E-state index in [4.69, 9.17) is 14.2 Å². The third-order valence-corrected chi connectivity index (χ3v) is 4.25. The number of hydrogen-bond acceptors (Lipinski definition) is 5. The van der Waals surface area contributed by atoms with E-state index in [-0.39, 0.29) is 34.8 Å². The van der Waals surface area contributed by atoms with Gasteiger partial charge >= 0.3 is 5.97 Å². The number of carbonyl (C=O) groups is 1. The second-order valence-corrected chi connectivity index (χ2v) is 5.52. The molecule has 2 fully saturated rings. The molecule has 2 aliphatic heterocycles. The van der Waals surface area contributed by atoms with Gasteiger partial charge in [0.25, 0.3) is 0 Å². The van der Waals surface area contributed by atoms with Crippen LogP contribution in [-0.4, -0.2) is 52.6 Å². The lowest BCUT2D eigenvalue weighted by Crippen LogP contribution is -2.35. The summed E-state index contributed by atoms with van der Waals surface area (Å²) in [4.78, 5) is 11.6. The lowest BCUT2D eigenvalue weighted by atomic mass is 10.1. The molecule has 0 amide bonds. The van der Waals surface area contributed by atoms with Crippen LogP contribution >= 0.6 is 22.6 Å². The molecule has 0 bridgehead atoms. The van der Waals surface area contributed by atoms with E-state index in [1.807, 2.05) is 6.92 Å². The van der Waals surface area contributed by atoms with Crippen LogP contribution in [0.5, 0.6) is 0 Å². The van der Waals surface area contributed by atoms with E-state index in [9.17, 15) is 9.90 Å². The quantitative estimate of drug-likeness (QED) is 0.453. The molecule has 2 saturated heterocycles. The Hall–Kier alpha value is 0.0800. The summed E-state index contributed by atoms with van der Waals surface area (Å²) in [5, 5.41) is 9.51. The summed E-state index contributed by atoms with van der Waals surface area (Å²) < 4.78 is 15.9. The molecule has 5 unspecified atom stereocenters. The molecule has 2 aliphatic rings. The van der Waals surface area contributed by atoms with Gasteiger partial charge in [-0.15, -0.1) is 0 Å². The molecule has 0 saturated carbocycles. The van der Waals surface area contributed by atoms with Crippen molar-refractivity contribution in [2.75, 3.05) is 13.2 Å². The number of halogens is 1. The van der Waals surface area contributed by atoms with Crippen LogP contribution in [0.3, 0.4) is 0 Å². The fourth-order valence-corrected chi connectivity index (χ4v) is 2.08. The van der Waals surface area contributed by atoms with E-state index in [0.717, 1.165) is 6.42 Å². The van der Waals surface area contributed by atoms with E-state index in [1.165, 1.54) is 0 Å². The highest BCUT2D eigenvalue weighted by Gasteiger charge is 2.49. The van der Waals surface area contributed by atoms with Crippen molar-refractivity contribution in [3.63, 3.8) is 0 Å². The summed E-state index contributed by atoms with van der Waals surface area (Å²) in [6, 6.07) is 0.